The number of carbonyl (C=O) groups excluding carboxylic acids is 1. The molecule has 1 aromatic carbocycles. The lowest BCUT2D eigenvalue weighted by Gasteiger charge is -2.01. The van der Waals surface area contributed by atoms with Crippen LogP contribution in [0.3, 0.4) is 0 Å². The number of aromatic nitrogens is 5. The van der Waals surface area contributed by atoms with Gasteiger partial charge in [-0.15, -0.1) is 0 Å². The molecule has 3 heterocycles. The van der Waals surface area contributed by atoms with Gasteiger partial charge in [-0.05, 0) is 31.2 Å². The van der Waals surface area contributed by atoms with Crippen molar-refractivity contribution in [3.8, 4) is 5.69 Å². The van der Waals surface area contributed by atoms with Crippen LogP contribution in [0.2, 0.25) is 5.02 Å². The minimum absolute atomic E-state index is 0.238. The molecule has 25 heavy (non-hydrogen) atoms. The fourth-order valence-electron chi connectivity index (χ4n) is 2.69. The second-order valence-corrected chi connectivity index (χ2v) is 5.84. The number of rotatable bonds is 2. The Morgan fingerprint density at radius 1 is 1.24 bits per heavy atom. The fourth-order valence-corrected chi connectivity index (χ4v) is 2.82. The molecule has 0 spiro atoms. The van der Waals surface area contributed by atoms with Gasteiger partial charge in [0.15, 0.2) is 5.65 Å². The first kappa shape index (κ1) is 15.4. The lowest BCUT2D eigenvalue weighted by atomic mass is 10.2. The van der Waals surface area contributed by atoms with E-state index in [1.807, 2.05) is 6.92 Å². The number of hydrogen-bond donors (Lipinski definition) is 2. The predicted molar refractivity (Wildman–Crippen MR) is 94.5 cm³/mol. The molecule has 4 rings (SSSR count). The Hall–Kier alpha value is -3.13. The number of aromatic amines is 1. The third kappa shape index (κ3) is 2.38. The minimum atomic E-state index is -0.371. The van der Waals surface area contributed by atoms with Crippen molar-refractivity contribution in [1.29, 1.82) is 0 Å². The van der Waals surface area contributed by atoms with E-state index in [0.717, 1.165) is 0 Å². The summed E-state index contributed by atoms with van der Waals surface area (Å²) in [6.45, 7) is 2.30. The van der Waals surface area contributed by atoms with Gasteiger partial charge < -0.3 is 5.32 Å². The lowest BCUT2D eigenvalue weighted by molar-refractivity contribution is 0.241. The number of nitrogens with zero attached hydrogens (tertiary/aromatic N) is 4. The van der Waals surface area contributed by atoms with Crippen LogP contribution >= 0.6 is 11.6 Å². The molecule has 0 aliphatic carbocycles. The minimum Gasteiger partial charge on any atom is -0.336 e. The molecule has 4 aromatic rings. The number of hydrogen-bond acceptors (Lipinski definition) is 4. The van der Waals surface area contributed by atoms with Crippen LogP contribution in [0.15, 0.2) is 41.5 Å². The molecule has 8 nitrogen and oxygen atoms in total. The molecule has 0 aliphatic heterocycles. The Kier molecular flexibility index (Phi) is 3.54. The number of nitrogens with one attached hydrogen (secondary N) is 2. The summed E-state index contributed by atoms with van der Waals surface area (Å²) in [7, 11) is 0. The molecular formula is C16H13ClN6O2. The van der Waals surface area contributed by atoms with Crippen molar-refractivity contribution in [1.82, 2.24) is 29.9 Å². The van der Waals surface area contributed by atoms with Gasteiger partial charge in [0.2, 0.25) is 0 Å². The van der Waals surface area contributed by atoms with Crippen LogP contribution in [0, 0.1) is 0 Å². The monoisotopic (exact) mass is 356 g/mol. The van der Waals surface area contributed by atoms with Crippen molar-refractivity contribution in [2.45, 2.75) is 6.92 Å². The van der Waals surface area contributed by atoms with Gasteiger partial charge >= 0.3 is 6.03 Å². The zero-order chi connectivity index (χ0) is 17.6. The Bertz CT molecular complexity index is 1160. The maximum atomic E-state index is 12.7. The highest BCUT2D eigenvalue weighted by atomic mass is 35.5. The summed E-state index contributed by atoms with van der Waals surface area (Å²) in [5.41, 5.74) is 1.36. The highest BCUT2D eigenvalue weighted by molar-refractivity contribution is 6.30. The maximum absolute atomic E-state index is 12.7. The summed E-state index contributed by atoms with van der Waals surface area (Å²) in [4.78, 5) is 28.9. The SMILES string of the molecule is CCNC(=O)n1ncc2c3[nH]n(-c4ccc(Cl)cc4)c(=O)c3cnc21. The molecule has 0 atom stereocenters. The van der Waals surface area contributed by atoms with Crippen LogP contribution < -0.4 is 10.9 Å². The van der Waals surface area contributed by atoms with Gasteiger partial charge in [0.1, 0.15) is 0 Å². The summed E-state index contributed by atoms with van der Waals surface area (Å²) < 4.78 is 2.59. The van der Waals surface area contributed by atoms with Gasteiger partial charge in [-0.2, -0.15) is 9.78 Å². The molecule has 0 unspecified atom stereocenters. The number of H-pyrrole nitrogens is 1. The van der Waals surface area contributed by atoms with Crippen molar-refractivity contribution in [3.63, 3.8) is 0 Å². The third-order valence-electron chi connectivity index (χ3n) is 3.86. The lowest BCUT2D eigenvalue weighted by Crippen LogP contribution is -2.29. The molecule has 0 fully saturated rings. The van der Waals surface area contributed by atoms with Gasteiger partial charge in [0.05, 0.1) is 28.2 Å². The Balaban J connectivity index is 1.94. The van der Waals surface area contributed by atoms with E-state index in [-0.39, 0.29) is 11.6 Å². The zero-order valence-corrected chi connectivity index (χ0v) is 13.9. The first-order chi connectivity index (χ1) is 12.1. The number of fused-ring (bicyclic) bond motifs is 3. The molecule has 2 N–H and O–H groups in total. The number of amides is 1. The van der Waals surface area contributed by atoms with Crippen molar-refractivity contribution in [3.05, 3.63) is 52.0 Å². The van der Waals surface area contributed by atoms with Crippen molar-refractivity contribution in [2.75, 3.05) is 6.54 Å². The molecule has 126 valence electrons. The zero-order valence-electron chi connectivity index (χ0n) is 13.2. The first-order valence-corrected chi connectivity index (χ1v) is 7.99. The fraction of sp³-hybridized carbons (Fsp3) is 0.125. The number of carbonyl (C=O) groups is 1. The van der Waals surface area contributed by atoms with Gasteiger partial charge in [0, 0.05) is 17.8 Å². The van der Waals surface area contributed by atoms with E-state index in [1.165, 1.54) is 21.8 Å². The number of benzene rings is 1. The summed E-state index contributed by atoms with van der Waals surface area (Å²) in [6, 6.07) is 6.51. The molecule has 0 aliphatic rings. The largest absolute Gasteiger partial charge is 0.344 e. The van der Waals surface area contributed by atoms with Crippen LogP contribution in [0.1, 0.15) is 6.92 Å². The van der Waals surface area contributed by atoms with Crippen LogP contribution in [0.5, 0.6) is 0 Å². The molecule has 1 amide bonds. The summed E-state index contributed by atoms with van der Waals surface area (Å²) in [5, 5.41) is 11.4. The van der Waals surface area contributed by atoms with Crippen molar-refractivity contribution in [2.24, 2.45) is 0 Å². The van der Waals surface area contributed by atoms with E-state index >= 15 is 0 Å². The standard InChI is InChI=1S/C16H13ClN6O2/c1-2-18-16(25)23-14-11(8-20-23)13-12(7-19-14)15(24)22(21-13)10-5-3-9(17)4-6-10/h3-8,21H,2H2,1H3,(H,18,25). The third-order valence-corrected chi connectivity index (χ3v) is 4.11. The van der Waals surface area contributed by atoms with Crippen molar-refractivity contribution >= 4 is 39.6 Å². The topological polar surface area (TPSA) is 97.6 Å². The predicted octanol–water partition coefficient (Wildman–Crippen LogP) is 2.29. The molecule has 3 aromatic heterocycles. The summed E-state index contributed by atoms with van der Waals surface area (Å²) >= 11 is 5.90. The Morgan fingerprint density at radius 2 is 2.00 bits per heavy atom. The van der Waals surface area contributed by atoms with Crippen LogP contribution in [0.4, 0.5) is 4.79 Å². The van der Waals surface area contributed by atoms with E-state index in [1.54, 1.807) is 24.3 Å². The molecule has 0 saturated heterocycles. The molecule has 0 radical (unpaired) electrons. The first-order valence-electron chi connectivity index (χ1n) is 7.61. The van der Waals surface area contributed by atoms with E-state index in [0.29, 0.717) is 39.2 Å². The maximum Gasteiger partial charge on any atom is 0.344 e. The highest BCUT2D eigenvalue weighted by Crippen LogP contribution is 2.21. The summed E-state index contributed by atoms with van der Waals surface area (Å²) in [5.74, 6) is 0. The molecular weight excluding hydrogens is 344 g/mol. The van der Waals surface area contributed by atoms with Crippen LogP contribution in [-0.4, -0.2) is 37.1 Å². The van der Waals surface area contributed by atoms with Crippen molar-refractivity contribution < 1.29 is 4.79 Å². The number of pyridine rings is 1. The molecule has 9 heteroatoms. The Morgan fingerprint density at radius 3 is 2.72 bits per heavy atom. The van der Waals surface area contributed by atoms with Gasteiger partial charge in [-0.1, -0.05) is 11.6 Å². The molecule has 0 bridgehead atoms. The van der Waals surface area contributed by atoms with E-state index in [2.05, 4.69) is 20.5 Å². The average molecular weight is 357 g/mol. The quantitative estimate of drug-likeness (QED) is 0.575. The van der Waals surface area contributed by atoms with E-state index in [9.17, 15) is 9.59 Å². The van der Waals surface area contributed by atoms with Gasteiger partial charge in [-0.3, -0.25) is 9.89 Å². The van der Waals surface area contributed by atoms with E-state index in [4.69, 9.17) is 11.6 Å². The molecule has 0 saturated carbocycles. The second-order valence-electron chi connectivity index (χ2n) is 5.40. The second kappa shape index (κ2) is 5.75. The van der Waals surface area contributed by atoms with Gasteiger partial charge in [-0.25, -0.2) is 14.5 Å². The Labute approximate surface area is 146 Å². The van der Waals surface area contributed by atoms with Crippen LogP contribution in [-0.2, 0) is 0 Å². The number of halogens is 1. The van der Waals surface area contributed by atoms with E-state index < -0.39 is 0 Å². The smallest absolute Gasteiger partial charge is 0.336 e. The normalized spacial score (nSPS) is 11.3. The highest BCUT2D eigenvalue weighted by Gasteiger charge is 2.17. The van der Waals surface area contributed by atoms with Gasteiger partial charge in [0.25, 0.3) is 5.56 Å². The van der Waals surface area contributed by atoms with Crippen LogP contribution in [0.25, 0.3) is 27.6 Å². The average Bonchev–Trinajstić information content (AvgIpc) is 3.17. The summed E-state index contributed by atoms with van der Waals surface area (Å²) in [6.07, 6.45) is 2.96.